The third kappa shape index (κ3) is 5.01. The lowest BCUT2D eigenvalue weighted by molar-refractivity contribution is -0.124. The van der Waals surface area contributed by atoms with Crippen molar-refractivity contribution in [3.8, 4) is 0 Å². The van der Waals surface area contributed by atoms with Gasteiger partial charge in [-0.15, -0.1) is 0 Å². The molecule has 0 aliphatic rings. The Morgan fingerprint density at radius 1 is 1.44 bits per heavy atom. The summed E-state index contributed by atoms with van der Waals surface area (Å²) in [5.74, 6) is 0.537. The van der Waals surface area contributed by atoms with E-state index in [1.807, 2.05) is 0 Å². The Morgan fingerprint density at radius 2 is 2.22 bits per heavy atom. The van der Waals surface area contributed by atoms with E-state index in [-0.39, 0.29) is 17.9 Å². The van der Waals surface area contributed by atoms with Crippen LogP contribution in [0.3, 0.4) is 0 Å². The lowest BCUT2D eigenvalue weighted by Crippen LogP contribution is -2.42. The molecule has 0 aliphatic heterocycles. The summed E-state index contributed by atoms with van der Waals surface area (Å²) < 4.78 is 5.10. The van der Waals surface area contributed by atoms with Gasteiger partial charge in [-0.1, -0.05) is 0 Å². The number of furan rings is 1. The van der Waals surface area contributed by atoms with Crippen molar-refractivity contribution in [2.24, 2.45) is 0 Å². The Labute approximate surface area is 106 Å². The van der Waals surface area contributed by atoms with E-state index in [1.54, 1.807) is 32.4 Å². The van der Waals surface area contributed by atoms with Crippen molar-refractivity contribution in [2.75, 3.05) is 13.6 Å². The van der Waals surface area contributed by atoms with Gasteiger partial charge in [-0.25, -0.2) is 0 Å². The van der Waals surface area contributed by atoms with Crippen molar-refractivity contribution in [1.82, 2.24) is 16.0 Å². The first-order chi connectivity index (χ1) is 8.63. The van der Waals surface area contributed by atoms with Gasteiger partial charge >= 0.3 is 0 Å². The zero-order chi connectivity index (χ0) is 13.4. The summed E-state index contributed by atoms with van der Waals surface area (Å²) in [5.41, 5.74) is 0. The SMILES string of the molecule is CNC(=O)CCNC(C)C(=O)NCc1ccco1. The van der Waals surface area contributed by atoms with Crippen LogP contribution in [-0.4, -0.2) is 31.4 Å². The van der Waals surface area contributed by atoms with Gasteiger partial charge in [-0.05, 0) is 19.1 Å². The van der Waals surface area contributed by atoms with E-state index in [4.69, 9.17) is 4.42 Å². The van der Waals surface area contributed by atoms with Crippen LogP contribution in [0.2, 0.25) is 0 Å². The van der Waals surface area contributed by atoms with Crippen LogP contribution in [0.15, 0.2) is 22.8 Å². The predicted molar refractivity (Wildman–Crippen MR) is 66.7 cm³/mol. The Kier molecular flexibility index (Phi) is 5.93. The number of amides is 2. The number of hydrogen-bond acceptors (Lipinski definition) is 4. The molecule has 0 radical (unpaired) electrons. The fourth-order valence-electron chi connectivity index (χ4n) is 1.36. The van der Waals surface area contributed by atoms with E-state index in [2.05, 4.69) is 16.0 Å². The molecule has 0 saturated carbocycles. The molecule has 6 heteroatoms. The number of rotatable bonds is 7. The summed E-state index contributed by atoms with van der Waals surface area (Å²) in [5, 5.41) is 8.24. The van der Waals surface area contributed by atoms with Crippen molar-refractivity contribution in [2.45, 2.75) is 25.9 Å². The highest BCUT2D eigenvalue weighted by Gasteiger charge is 2.12. The second kappa shape index (κ2) is 7.50. The van der Waals surface area contributed by atoms with E-state index in [0.29, 0.717) is 25.3 Å². The third-order valence-electron chi connectivity index (χ3n) is 2.49. The van der Waals surface area contributed by atoms with Crippen LogP contribution in [0.4, 0.5) is 0 Å². The zero-order valence-corrected chi connectivity index (χ0v) is 10.7. The average molecular weight is 253 g/mol. The van der Waals surface area contributed by atoms with E-state index in [9.17, 15) is 9.59 Å². The summed E-state index contributed by atoms with van der Waals surface area (Å²) in [6, 6.07) is 3.22. The van der Waals surface area contributed by atoms with E-state index < -0.39 is 0 Å². The number of carbonyl (C=O) groups is 2. The summed E-state index contributed by atoms with van der Waals surface area (Å²) in [4.78, 5) is 22.6. The summed E-state index contributed by atoms with van der Waals surface area (Å²) in [6.45, 7) is 2.59. The first-order valence-electron chi connectivity index (χ1n) is 5.87. The molecule has 0 bridgehead atoms. The maximum absolute atomic E-state index is 11.7. The first-order valence-corrected chi connectivity index (χ1v) is 5.87. The van der Waals surface area contributed by atoms with E-state index >= 15 is 0 Å². The average Bonchev–Trinajstić information content (AvgIpc) is 2.88. The van der Waals surface area contributed by atoms with Crippen molar-refractivity contribution in [1.29, 1.82) is 0 Å². The van der Waals surface area contributed by atoms with Gasteiger partial charge in [0.05, 0.1) is 18.8 Å². The molecule has 100 valence electrons. The van der Waals surface area contributed by atoms with Gasteiger partial charge in [0.1, 0.15) is 5.76 Å². The monoisotopic (exact) mass is 253 g/mol. The third-order valence-corrected chi connectivity index (χ3v) is 2.49. The molecule has 1 aromatic rings. The van der Waals surface area contributed by atoms with Gasteiger partial charge in [0.25, 0.3) is 0 Å². The molecule has 1 unspecified atom stereocenters. The van der Waals surface area contributed by atoms with Crippen LogP contribution in [-0.2, 0) is 16.1 Å². The van der Waals surface area contributed by atoms with Crippen molar-refractivity contribution in [3.05, 3.63) is 24.2 Å². The maximum Gasteiger partial charge on any atom is 0.237 e. The van der Waals surface area contributed by atoms with Gasteiger partial charge in [0.2, 0.25) is 11.8 Å². The smallest absolute Gasteiger partial charge is 0.237 e. The molecular formula is C12H19N3O3. The molecule has 18 heavy (non-hydrogen) atoms. The molecule has 0 aromatic carbocycles. The van der Waals surface area contributed by atoms with Gasteiger partial charge in [0.15, 0.2) is 0 Å². The topological polar surface area (TPSA) is 83.4 Å². The van der Waals surface area contributed by atoms with E-state index in [1.165, 1.54) is 0 Å². The van der Waals surface area contributed by atoms with Crippen LogP contribution in [0.1, 0.15) is 19.1 Å². The quantitative estimate of drug-likeness (QED) is 0.639. The van der Waals surface area contributed by atoms with Crippen LogP contribution in [0.5, 0.6) is 0 Å². The van der Waals surface area contributed by atoms with Crippen molar-refractivity contribution < 1.29 is 14.0 Å². The Balaban J connectivity index is 2.18. The maximum atomic E-state index is 11.7. The standard InChI is InChI=1S/C12H19N3O3/c1-9(14-6-5-11(16)13-2)12(17)15-8-10-4-3-7-18-10/h3-4,7,9,14H,5-6,8H2,1-2H3,(H,13,16)(H,15,17). The molecule has 6 nitrogen and oxygen atoms in total. The summed E-state index contributed by atoms with van der Waals surface area (Å²) in [7, 11) is 1.59. The fraction of sp³-hybridized carbons (Fsp3) is 0.500. The molecule has 1 atom stereocenters. The zero-order valence-electron chi connectivity index (χ0n) is 10.7. The van der Waals surface area contributed by atoms with E-state index in [0.717, 1.165) is 0 Å². The molecule has 0 fully saturated rings. The normalized spacial score (nSPS) is 11.9. The van der Waals surface area contributed by atoms with Crippen molar-refractivity contribution in [3.63, 3.8) is 0 Å². The number of hydrogen-bond donors (Lipinski definition) is 3. The lowest BCUT2D eigenvalue weighted by Gasteiger charge is -2.13. The van der Waals surface area contributed by atoms with Crippen molar-refractivity contribution >= 4 is 11.8 Å². The van der Waals surface area contributed by atoms with Gasteiger partial charge in [-0.3, -0.25) is 9.59 Å². The predicted octanol–water partition coefficient (Wildman–Crippen LogP) is 0.0100. The second-order valence-corrected chi connectivity index (χ2v) is 3.90. The van der Waals surface area contributed by atoms with Crippen LogP contribution < -0.4 is 16.0 Å². The molecule has 1 heterocycles. The van der Waals surface area contributed by atoms with Gasteiger partial charge in [0, 0.05) is 20.0 Å². The fourth-order valence-corrected chi connectivity index (χ4v) is 1.36. The van der Waals surface area contributed by atoms with Gasteiger partial charge in [-0.2, -0.15) is 0 Å². The molecule has 1 aromatic heterocycles. The molecule has 1 rings (SSSR count). The number of carbonyl (C=O) groups excluding carboxylic acids is 2. The largest absolute Gasteiger partial charge is 0.467 e. The highest BCUT2D eigenvalue weighted by molar-refractivity contribution is 5.81. The molecule has 0 spiro atoms. The minimum Gasteiger partial charge on any atom is -0.467 e. The Bertz CT molecular complexity index is 376. The summed E-state index contributed by atoms with van der Waals surface area (Å²) >= 11 is 0. The minimum absolute atomic E-state index is 0.0503. The molecule has 2 amide bonds. The Hall–Kier alpha value is -1.82. The highest BCUT2D eigenvalue weighted by atomic mass is 16.3. The molecule has 0 saturated heterocycles. The minimum atomic E-state index is -0.343. The van der Waals surface area contributed by atoms with Crippen LogP contribution >= 0.6 is 0 Å². The number of nitrogens with one attached hydrogen (secondary N) is 3. The molecular weight excluding hydrogens is 234 g/mol. The van der Waals surface area contributed by atoms with Crippen LogP contribution in [0.25, 0.3) is 0 Å². The molecule has 0 aliphatic carbocycles. The first kappa shape index (κ1) is 14.2. The second-order valence-electron chi connectivity index (χ2n) is 3.90. The van der Waals surface area contributed by atoms with Crippen LogP contribution in [0, 0.1) is 0 Å². The van der Waals surface area contributed by atoms with Gasteiger partial charge < -0.3 is 20.4 Å². The lowest BCUT2D eigenvalue weighted by atomic mass is 10.3. The summed E-state index contributed by atoms with van der Waals surface area (Å²) in [6.07, 6.45) is 1.92. The molecule has 3 N–H and O–H groups in total. The Morgan fingerprint density at radius 3 is 2.83 bits per heavy atom. The highest BCUT2D eigenvalue weighted by Crippen LogP contribution is 1.98.